The van der Waals surface area contributed by atoms with Crippen LogP contribution in [0.25, 0.3) is 11.0 Å². The molecule has 0 bridgehead atoms. The summed E-state index contributed by atoms with van der Waals surface area (Å²) in [6.07, 6.45) is 1.62. The second-order valence-corrected chi connectivity index (χ2v) is 7.52. The highest BCUT2D eigenvalue weighted by atomic mass is 16.5. The first-order chi connectivity index (χ1) is 14.0. The predicted molar refractivity (Wildman–Crippen MR) is 112 cm³/mol. The van der Waals surface area contributed by atoms with Crippen molar-refractivity contribution in [2.75, 3.05) is 20.3 Å². The Balaban J connectivity index is 1.90. The summed E-state index contributed by atoms with van der Waals surface area (Å²) >= 11 is 0. The normalized spacial score (nSPS) is 15.9. The van der Waals surface area contributed by atoms with Crippen molar-refractivity contribution in [3.05, 3.63) is 80.7 Å². The van der Waals surface area contributed by atoms with E-state index >= 15 is 0 Å². The molecule has 5 heteroatoms. The molecule has 1 aromatic heterocycles. The number of hydrogen-bond donors (Lipinski definition) is 0. The maximum Gasteiger partial charge on any atom is 0.290 e. The predicted octanol–water partition coefficient (Wildman–Crippen LogP) is 4.25. The molecule has 0 saturated carbocycles. The van der Waals surface area contributed by atoms with E-state index in [4.69, 9.17) is 9.15 Å². The van der Waals surface area contributed by atoms with Crippen molar-refractivity contribution in [2.24, 2.45) is 0 Å². The van der Waals surface area contributed by atoms with Crippen LogP contribution in [0.3, 0.4) is 0 Å². The zero-order chi connectivity index (χ0) is 20.5. The largest absolute Gasteiger partial charge is 0.450 e. The summed E-state index contributed by atoms with van der Waals surface area (Å²) in [5.41, 5.74) is 3.88. The quantitative estimate of drug-likeness (QED) is 0.590. The van der Waals surface area contributed by atoms with Gasteiger partial charge in [0.05, 0.1) is 17.0 Å². The molecule has 1 amide bonds. The van der Waals surface area contributed by atoms with Gasteiger partial charge in [-0.05, 0) is 43.0 Å². The van der Waals surface area contributed by atoms with Gasteiger partial charge in [0.1, 0.15) is 5.58 Å². The number of carbonyl (C=O) groups excluding carboxylic acids is 1. The standard InChI is InChI=1S/C24H25NO4/c1-4-16-7-9-17(10-8-16)21-20-22(26)18-14-15(2)6-11-19(18)29-23(20)24(27)25(21)12-5-13-28-3/h6-11,14,21H,4-5,12-13H2,1-3H3/t21-/m0/s1. The number of benzene rings is 2. The van der Waals surface area contributed by atoms with Gasteiger partial charge in [-0.2, -0.15) is 0 Å². The summed E-state index contributed by atoms with van der Waals surface area (Å²) in [4.78, 5) is 28.4. The Kier molecular flexibility index (Phi) is 5.24. The monoisotopic (exact) mass is 391 g/mol. The van der Waals surface area contributed by atoms with Gasteiger partial charge >= 0.3 is 0 Å². The van der Waals surface area contributed by atoms with Crippen molar-refractivity contribution in [1.29, 1.82) is 0 Å². The molecule has 2 heterocycles. The lowest BCUT2D eigenvalue weighted by atomic mass is 9.97. The summed E-state index contributed by atoms with van der Waals surface area (Å²) in [5.74, 6) is -0.0754. The van der Waals surface area contributed by atoms with Gasteiger partial charge in [0.15, 0.2) is 5.43 Å². The van der Waals surface area contributed by atoms with Crippen LogP contribution in [0.15, 0.2) is 51.7 Å². The average molecular weight is 391 g/mol. The van der Waals surface area contributed by atoms with Gasteiger partial charge in [-0.25, -0.2) is 0 Å². The van der Waals surface area contributed by atoms with Gasteiger partial charge in [0, 0.05) is 20.3 Å². The van der Waals surface area contributed by atoms with Crippen molar-refractivity contribution in [2.45, 2.75) is 32.7 Å². The fourth-order valence-electron chi connectivity index (χ4n) is 4.03. The van der Waals surface area contributed by atoms with E-state index < -0.39 is 6.04 Å². The molecule has 1 aliphatic heterocycles. The van der Waals surface area contributed by atoms with E-state index in [-0.39, 0.29) is 17.1 Å². The van der Waals surface area contributed by atoms with Crippen LogP contribution in [0.1, 0.15) is 52.2 Å². The number of methoxy groups -OCH3 is 1. The molecule has 0 saturated heterocycles. The molecule has 29 heavy (non-hydrogen) atoms. The van der Waals surface area contributed by atoms with Crippen LogP contribution in [0.5, 0.6) is 0 Å². The first kappa shape index (κ1) is 19.4. The molecule has 1 atom stereocenters. The first-order valence-corrected chi connectivity index (χ1v) is 10.0. The topological polar surface area (TPSA) is 59.8 Å². The lowest BCUT2D eigenvalue weighted by Gasteiger charge is -2.25. The van der Waals surface area contributed by atoms with Crippen LogP contribution in [0.2, 0.25) is 0 Å². The zero-order valence-corrected chi connectivity index (χ0v) is 17.0. The molecule has 4 rings (SSSR count). The molecular weight excluding hydrogens is 366 g/mol. The minimum absolute atomic E-state index is 0.128. The number of aryl methyl sites for hydroxylation is 2. The van der Waals surface area contributed by atoms with E-state index in [0.717, 1.165) is 17.5 Å². The van der Waals surface area contributed by atoms with Crippen LogP contribution in [0, 0.1) is 6.92 Å². The molecule has 0 spiro atoms. The van der Waals surface area contributed by atoms with Gasteiger partial charge in [-0.15, -0.1) is 0 Å². The second-order valence-electron chi connectivity index (χ2n) is 7.52. The number of rotatable bonds is 6. The third kappa shape index (κ3) is 3.36. The third-order valence-electron chi connectivity index (χ3n) is 5.57. The third-order valence-corrected chi connectivity index (χ3v) is 5.57. The van der Waals surface area contributed by atoms with Gasteiger partial charge in [-0.1, -0.05) is 42.8 Å². The van der Waals surface area contributed by atoms with Crippen molar-refractivity contribution in [3.63, 3.8) is 0 Å². The smallest absolute Gasteiger partial charge is 0.290 e. The van der Waals surface area contributed by atoms with Crippen molar-refractivity contribution in [3.8, 4) is 0 Å². The molecule has 1 aliphatic rings. The number of amides is 1. The minimum Gasteiger partial charge on any atom is -0.450 e. The summed E-state index contributed by atoms with van der Waals surface area (Å²) in [6.45, 7) is 5.08. The summed E-state index contributed by atoms with van der Waals surface area (Å²) in [5, 5.41) is 0.519. The zero-order valence-electron chi connectivity index (χ0n) is 17.0. The van der Waals surface area contributed by atoms with Gasteiger partial charge in [0.25, 0.3) is 5.91 Å². The average Bonchev–Trinajstić information content (AvgIpc) is 3.01. The summed E-state index contributed by atoms with van der Waals surface area (Å²) < 4.78 is 11.1. The molecule has 0 unspecified atom stereocenters. The van der Waals surface area contributed by atoms with Crippen molar-refractivity contribution >= 4 is 16.9 Å². The van der Waals surface area contributed by atoms with E-state index in [1.165, 1.54) is 5.56 Å². The van der Waals surface area contributed by atoms with Crippen LogP contribution >= 0.6 is 0 Å². The molecular formula is C24H25NO4. The second kappa shape index (κ2) is 7.84. The molecule has 2 aromatic carbocycles. The molecule has 0 fully saturated rings. The minimum atomic E-state index is -0.443. The molecule has 0 N–H and O–H groups in total. The number of carbonyl (C=O) groups is 1. The van der Waals surface area contributed by atoms with Gasteiger partial charge in [0.2, 0.25) is 5.76 Å². The Labute approximate surface area is 169 Å². The Hall–Kier alpha value is -2.92. The van der Waals surface area contributed by atoms with Gasteiger partial charge in [-0.3, -0.25) is 9.59 Å². The van der Waals surface area contributed by atoms with Crippen LogP contribution < -0.4 is 5.43 Å². The molecule has 5 nitrogen and oxygen atoms in total. The molecule has 150 valence electrons. The fourth-order valence-corrected chi connectivity index (χ4v) is 4.03. The Morgan fingerprint density at radius 2 is 1.86 bits per heavy atom. The van der Waals surface area contributed by atoms with Crippen LogP contribution in [-0.2, 0) is 11.2 Å². The maximum absolute atomic E-state index is 13.4. The lowest BCUT2D eigenvalue weighted by molar-refractivity contribution is 0.0708. The molecule has 3 aromatic rings. The van der Waals surface area contributed by atoms with Crippen molar-refractivity contribution < 1.29 is 13.9 Å². The fraction of sp³-hybridized carbons (Fsp3) is 0.333. The van der Waals surface area contributed by atoms with Crippen LogP contribution in [0.4, 0.5) is 0 Å². The van der Waals surface area contributed by atoms with E-state index in [1.807, 2.05) is 31.2 Å². The highest BCUT2D eigenvalue weighted by Crippen LogP contribution is 2.38. The lowest BCUT2D eigenvalue weighted by Crippen LogP contribution is -2.31. The summed E-state index contributed by atoms with van der Waals surface area (Å²) in [6, 6.07) is 13.2. The highest BCUT2D eigenvalue weighted by Gasteiger charge is 2.42. The van der Waals surface area contributed by atoms with E-state index in [0.29, 0.717) is 36.1 Å². The molecule has 0 radical (unpaired) electrons. The van der Waals surface area contributed by atoms with E-state index in [1.54, 1.807) is 18.1 Å². The number of nitrogens with zero attached hydrogens (tertiary/aromatic N) is 1. The Morgan fingerprint density at radius 3 is 2.55 bits per heavy atom. The van der Waals surface area contributed by atoms with Crippen molar-refractivity contribution in [1.82, 2.24) is 4.90 Å². The number of fused-ring (bicyclic) bond motifs is 2. The molecule has 0 aliphatic carbocycles. The SMILES string of the molecule is CCc1ccc([C@H]2c3c(oc4ccc(C)cc4c3=O)C(=O)N2CCCOC)cc1. The Bertz CT molecular complexity index is 1110. The first-order valence-electron chi connectivity index (χ1n) is 10.0. The highest BCUT2D eigenvalue weighted by molar-refractivity contribution is 5.99. The maximum atomic E-state index is 13.4. The van der Waals surface area contributed by atoms with E-state index in [9.17, 15) is 9.59 Å². The number of hydrogen-bond acceptors (Lipinski definition) is 4. The Morgan fingerprint density at radius 1 is 1.10 bits per heavy atom. The number of ether oxygens (including phenoxy) is 1. The van der Waals surface area contributed by atoms with E-state index in [2.05, 4.69) is 19.1 Å². The van der Waals surface area contributed by atoms with Gasteiger partial charge < -0.3 is 14.1 Å². The van der Waals surface area contributed by atoms with Crippen LogP contribution in [-0.4, -0.2) is 31.1 Å². The summed E-state index contributed by atoms with van der Waals surface area (Å²) in [7, 11) is 1.64.